The fourth-order valence-corrected chi connectivity index (χ4v) is 2.01. The summed E-state index contributed by atoms with van der Waals surface area (Å²) in [6, 6.07) is 6.08. The van der Waals surface area contributed by atoms with Crippen LogP contribution in [-0.4, -0.2) is 11.2 Å². The van der Waals surface area contributed by atoms with Gasteiger partial charge in [0.25, 0.3) is 0 Å². The molecule has 0 unspecified atom stereocenters. The van der Waals surface area contributed by atoms with Gasteiger partial charge in [0.15, 0.2) is 6.29 Å². The van der Waals surface area contributed by atoms with Gasteiger partial charge in [0.2, 0.25) is 5.75 Å². The number of hydrogen-bond acceptors (Lipinski definition) is 4. The first-order valence-electron chi connectivity index (χ1n) is 6.01. The van der Waals surface area contributed by atoms with E-state index in [1.807, 2.05) is 0 Å². The molecule has 0 aliphatic rings. The van der Waals surface area contributed by atoms with Gasteiger partial charge in [-0.15, -0.1) is 0 Å². The Hall–Kier alpha value is -2.61. The smallest absolute Gasteiger partial charge is 0.416 e. The number of carbonyl (C=O) groups is 1. The van der Waals surface area contributed by atoms with Gasteiger partial charge in [-0.25, -0.2) is 0 Å². The monoisotopic (exact) mass is 345 g/mol. The molecule has 0 aliphatic heterocycles. The maximum absolute atomic E-state index is 12.6. The van der Waals surface area contributed by atoms with E-state index in [9.17, 15) is 28.1 Å². The molecule has 2 aromatic carbocycles. The summed E-state index contributed by atoms with van der Waals surface area (Å²) >= 11 is 5.73. The van der Waals surface area contributed by atoms with Gasteiger partial charge in [-0.3, -0.25) is 14.9 Å². The lowest BCUT2D eigenvalue weighted by atomic mass is 10.2. The minimum atomic E-state index is -4.58. The molecule has 0 aromatic heterocycles. The molecular weight excluding hydrogens is 339 g/mol. The summed E-state index contributed by atoms with van der Waals surface area (Å²) < 4.78 is 42.9. The molecule has 0 fully saturated rings. The van der Waals surface area contributed by atoms with Crippen LogP contribution in [0.2, 0.25) is 5.02 Å². The Bertz CT molecular complexity index is 777. The van der Waals surface area contributed by atoms with E-state index >= 15 is 0 Å². The number of alkyl halides is 3. The molecule has 0 spiro atoms. The number of benzene rings is 2. The van der Waals surface area contributed by atoms with Crippen LogP contribution in [0.15, 0.2) is 36.4 Å². The van der Waals surface area contributed by atoms with Crippen molar-refractivity contribution in [2.75, 3.05) is 0 Å². The lowest BCUT2D eigenvalue weighted by molar-refractivity contribution is -0.385. The molecule has 0 amide bonds. The third kappa shape index (κ3) is 3.59. The summed E-state index contributed by atoms with van der Waals surface area (Å²) in [5.74, 6) is -0.507. The number of para-hydroxylation sites is 1. The molecule has 2 aromatic rings. The van der Waals surface area contributed by atoms with Crippen molar-refractivity contribution in [3.8, 4) is 11.5 Å². The third-order valence-electron chi connectivity index (χ3n) is 2.82. The van der Waals surface area contributed by atoms with Crippen molar-refractivity contribution in [3.63, 3.8) is 0 Å². The van der Waals surface area contributed by atoms with Gasteiger partial charge in [-0.2, -0.15) is 13.2 Å². The number of ether oxygens (including phenoxy) is 1. The number of nitro benzene ring substituents is 1. The molecule has 5 nitrogen and oxygen atoms in total. The lowest BCUT2D eigenvalue weighted by Gasteiger charge is -2.11. The fraction of sp³-hybridized carbons (Fsp3) is 0.0714. The Balaban J connectivity index is 2.44. The SMILES string of the molecule is O=Cc1cccc(Oc2ccc(C(F)(F)F)cc2Cl)c1[N+](=O)[O-]. The Morgan fingerprint density at radius 1 is 1.17 bits per heavy atom. The molecule has 0 radical (unpaired) electrons. The molecule has 120 valence electrons. The highest BCUT2D eigenvalue weighted by Gasteiger charge is 2.31. The van der Waals surface area contributed by atoms with Gasteiger partial charge in [0.1, 0.15) is 5.75 Å². The molecule has 23 heavy (non-hydrogen) atoms. The van der Waals surface area contributed by atoms with Gasteiger partial charge in [0, 0.05) is 0 Å². The number of aldehydes is 1. The highest BCUT2D eigenvalue weighted by Crippen LogP contribution is 2.39. The zero-order valence-electron chi connectivity index (χ0n) is 11.1. The van der Waals surface area contributed by atoms with Crippen molar-refractivity contribution >= 4 is 23.6 Å². The second-order valence-electron chi connectivity index (χ2n) is 4.31. The van der Waals surface area contributed by atoms with Crippen LogP contribution in [0.1, 0.15) is 15.9 Å². The lowest BCUT2D eigenvalue weighted by Crippen LogP contribution is -2.04. The maximum atomic E-state index is 12.6. The number of nitrogens with zero attached hydrogens (tertiary/aromatic N) is 1. The summed E-state index contributed by atoms with van der Waals surface area (Å²) in [4.78, 5) is 21.1. The highest BCUT2D eigenvalue weighted by molar-refractivity contribution is 6.32. The molecule has 0 atom stereocenters. The van der Waals surface area contributed by atoms with Crippen LogP contribution in [-0.2, 0) is 6.18 Å². The van der Waals surface area contributed by atoms with E-state index in [1.54, 1.807) is 0 Å². The third-order valence-corrected chi connectivity index (χ3v) is 3.11. The largest absolute Gasteiger partial charge is 0.449 e. The van der Waals surface area contributed by atoms with Crippen LogP contribution in [0.5, 0.6) is 11.5 Å². The highest BCUT2D eigenvalue weighted by atomic mass is 35.5. The summed E-state index contributed by atoms with van der Waals surface area (Å²) in [6.07, 6.45) is -4.30. The Labute approximate surface area is 132 Å². The van der Waals surface area contributed by atoms with E-state index < -0.39 is 22.4 Å². The summed E-state index contributed by atoms with van der Waals surface area (Å²) in [7, 11) is 0. The van der Waals surface area contributed by atoms with Gasteiger partial charge < -0.3 is 4.74 Å². The fourth-order valence-electron chi connectivity index (χ4n) is 1.79. The first-order chi connectivity index (χ1) is 10.7. The quantitative estimate of drug-likeness (QED) is 0.450. The van der Waals surface area contributed by atoms with Crippen molar-refractivity contribution in [1.82, 2.24) is 0 Å². The number of rotatable bonds is 4. The van der Waals surface area contributed by atoms with Crippen molar-refractivity contribution < 1.29 is 27.6 Å². The van der Waals surface area contributed by atoms with E-state index in [1.165, 1.54) is 18.2 Å². The molecule has 2 rings (SSSR count). The van der Waals surface area contributed by atoms with Gasteiger partial charge in [-0.05, 0) is 30.3 Å². The van der Waals surface area contributed by atoms with Gasteiger partial charge in [-0.1, -0.05) is 17.7 Å². The number of carbonyl (C=O) groups excluding carboxylic acids is 1. The Morgan fingerprint density at radius 3 is 2.39 bits per heavy atom. The van der Waals surface area contributed by atoms with Crippen molar-refractivity contribution in [3.05, 3.63) is 62.7 Å². The second-order valence-corrected chi connectivity index (χ2v) is 4.72. The minimum Gasteiger partial charge on any atom is -0.449 e. The molecule has 0 N–H and O–H groups in total. The molecule has 0 bridgehead atoms. The van der Waals surface area contributed by atoms with Crippen LogP contribution in [0.4, 0.5) is 18.9 Å². The summed E-state index contributed by atoms with van der Waals surface area (Å²) in [5, 5.41) is 10.7. The Morgan fingerprint density at radius 2 is 1.87 bits per heavy atom. The van der Waals surface area contributed by atoms with Crippen LogP contribution in [0.25, 0.3) is 0 Å². The van der Waals surface area contributed by atoms with Crippen LogP contribution >= 0.6 is 11.6 Å². The molecule has 0 saturated heterocycles. The summed E-state index contributed by atoms with van der Waals surface area (Å²) in [5.41, 5.74) is -1.81. The number of hydrogen-bond donors (Lipinski definition) is 0. The van der Waals surface area contributed by atoms with E-state index in [0.717, 1.165) is 12.1 Å². The average Bonchev–Trinajstić information content (AvgIpc) is 2.47. The molecule has 9 heteroatoms. The predicted molar refractivity (Wildman–Crippen MR) is 75.0 cm³/mol. The van der Waals surface area contributed by atoms with Crippen molar-refractivity contribution in [2.24, 2.45) is 0 Å². The van der Waals surface area contributed by atoms with E-state index in [-0.39, 0.29) is 28.4 Å². The van der Waals surface area contributed by atoms with E-state index in [2.05, 4.69) is 0 Å². The topological polar surface area (TPSA) is 69.4 Å². The first kappa shape index (κ1) is 16.8. The van der Waals surface area contributed by atoms with Gasteiger partial charge >= 0.3 is 11.9 Å². The average molecular weight is 346 g/mol. The predicted octanol–water partition coefficient (Wildman–Crippen LogP) is 4.87. The normalized spacial score (nSPS) is 11.1. The molecular formula is C14H7ClF3NO4. The summed E-state index contributed by atoms with van der Waals surface area (Å²) in [6.45, 7) is 0. The van der Waals surface area contributed by atoms with Crippen molar-refractivity contribution in [1.29, 1.82) is 0 Å². The molecule has 0 aliphatic carbocycles. The zero-order chi connectivity index (χ0) is 17.2. The number of halogens is 4. The second kappa shape index (κ2) is 6.25. The van der Waals surface area contributed by atoms with Gasteiger partial charge in [0.05, 0.1) is 21.1 Å². The molecule has 0 saturated carbocycles. The van der Waals surface area contributed by atoms with Crippen molar-refractivity contribution in [2.45, 2.75) is 6.18 Å². The van der Waals surface area contributed by atoms with E-state index in [4.69, 9.17) is 16.3 Å². The molecule has 0 heterocycles. The van der Waals surface area contributed by atoms with Crippen LogP contribution < -0.4 is 4.74 Å². The van der Waals surface area contributed by atoms with Crippen LogP contribution in [0, 0.1) is 10.1 Å². The Kier molecular flexibility index (Phi) is 4.55. The first-order valence-corrected chi connectivity index (χ1v) is 6.39. The standard InChI is InChI=1S/C14H7ClF3NO4/c15-10-6-9(14(16,17)18)4-5-11(10)23-12-3-1-2-8(7-20)13(12)19(21)22/h1-7H. The van der Waals surface area contributed by atoms with E-state index in [0.29, 0.717) is 6.07 Å². The zero-order valence-corrected chi connectivity index (χ0v) is 11.9. The van der Waals surface area contributed by atoms with Crippen LogP contribution in [0.3, 0.4) is 0 Å². The number of nitro groups is 1. The minimum absolute atomic E-state index is 0.203. The maximum Gasteiger partial charge on any atom is 0.416 e.